The number of piperidine rings is 1. The first-order valence-electron chi connectivity index (χ1n) is 10.7. The van der Waals surface area contributed by atoms with Crippen molar-refractivity contribution in [3.8, 4) is 0 Å². The molecule has 2 aromatic rings. The van der Waals surface area contributed by atoms with Crippen molar-refractivity contribution in [1.29, 1.82) is 0 Å². The predicted molar refractivity (Wildman–Crippen MR) is 116 cm³/mol. The molecular formula is C22H30N4O2S. The molecule has 1 aromatic carbocycles. The fraction of sp³-hybridized carbons (Fsp3) is 0.591. The van der Waals surface area contributed by atoms with Gasteiger partial charge in [-0.05, 0) is 58.1 Å². The van der Waals surface area contributed by atoms with Crippen molar-refractivity contribution < 1.29 is 9.59 Å². The second-order valence-corrected chi connectivity index (χ2v) is 9.22. The molecule has 2 aliphatic rings. The first kappa shape index (κ1) is 20.3. The fourth-order valence-electron chi connectivity index (χ4n) is 4.63. The Morgan fingerprint density at radius 2 is 1.72 bits per heavy atom. The summed E-state index contributed by atoms with van der Waals surface area (Å²) >= 11 is 1.45. The highest BCUT2D eigenvalue weighted by molar-refractivity contribution is 7.99. The third-order valence-electron chi connectivity index (χ3n) is 6.18. The maximum absolute atomic E-state index is 13.2. The third kappa shape index (κ3) is 4.29. The number of likely N-dealkylation sites (tertiary alicyclic amines) is 2. The zero-order valence-corrected chi connectivity index (χ0v) is 18.2. The van der Waals surface area contributed by atoms with Crippen LogP contribution in [0.3, 0.4) is 0 Å². The minimum absolute atomic E-state index is 0.139. The van der Waals surface area contributed by atoms with E-state index in [1.807, 2.05) is 38.6 Å². The Labute approximate surface area is 176 Å². The zero-order chi connectivity index (χ0) is 20.4. The Bertz CT molecular complexity index is 880. The molecular weight excluding hydrogens is 384 g/mol. The molecule has 0 saturated carbocycles. The summed E-state index contributed by atoms with van der Waals surface area (Å²) < 4.78 is 1.99. The van der Waals surface area contributed by atoms with Gasteiger partial charge in [-0.1, -0.05) is 23.9 Å². The smallest absolute Gasteiger partial charge is 0.243 e. The highest BCUT2D eigenvalue weighted by atomic mass is 32.2. The number of para-hydroxylation sites is 2. The number of nitrogens with zero attached hydrogens (tertiary/aromatic N) is 4. The van der Waals surface area contributed by atoms with Crippen molar-refractivity contribution in [3.63, 3.8) is 0 Å². The van der Waals surface area contributed by atoms with Crippen molar-refractivity contribution in [1.82, 2.24) is 19.4 Å². The lowest BCUT2D eigenvalue weighted by atomic mass is 9.97. The van der Waals surface area contributed by atoms with Crippen LogP contribution in [0.1, 0.15) is 46.0 Å². The molecule has 0 N–H and O–H groups in total. The molecule has 3 heterocycles. The van der Waals surface area contributed by atoms with Gasteiger partial charge in [-0.3, -0.25) is 9.59 Å². The van der Waals surface area contributed by atoms with Crippen molar-refractivity contribution in [2.24, 2.45) is 0 Å². The topological polar surface area (TPSA) is 58.4 Å². The second-order valence-electron chi connectivity index (χ2n) is 8.28. The Kier molecular flexibility index (Phi) is 6.13. The number of hydrogen-bond acceptors (Lipinski definition) is 4. The summed E-state index contributed by atoms with van der Waals surface area (Å²) in [4.78, 5) is 34.4. The minimum atomic E-state index is 0.139. The molecule has 0 aliphatic carbocycles. The molecule has 2 amide bonds. The molecule has 7 heteroatoms. The van der Waals surface area contributed by atoms with Gasteiger partial charge < -0.3 is 14.4 Å². The van der Waals surface area contributed by atoms with E-state index in [1.54, 1.807) is 0 Å². The van der Waals surface area contributed by atoms with Gasteiger partial charge in [0, 0.05) is 25.2 Å². The third-order valence-corrected chi connectivity index (χ3v) is 7.14. The summed E-state index contributed by atoms with van der Waals surface area (Å²) in [6.07, 6.45) is 5.49. The number of hydrogen-bond donors (Lipinski definition) is 0. The minimum Gasteiger partial charge on any atom is -0.342 e. The maximum Gasteiger partial charge on any atom is 0.243 e. The summed E-state index contributed by atoms with van der Waals surface area (Å²) in [5, 5.41) is 0.754. The van der Waals surface area contributed by atoms with Crippen LogP contribution in [-0.2, 0) is 16.1 Å². The molecule has 156 valence electrons. The largest absolute Gasteiger partial charge is 0.342 e. The lowest BCUT2D eigenvalue weighted by Gasteiger charge is -2.39. The van der Waals surface area contributed by atoms with Gasteiger partial charge in [0.1, 0.15) is 6.54 Å². The Morgan fingerprint density at radius 1 is 1.03 bits per heavy atom. The number of carbonyl (C=O) groups is 2. The molecule has 0 spiro atoms. The lowest BCUT2D eigenvalue weighted by Crippen LogP contribution is -2.48. The number of benzene rings is 1. The molecule has 6 nitrogen and oxygen atoms in total. The Balaban J connectivity index is 1.54. The van der Waals surface area contributed by atoms with Crippen LogP contribution in [0.25, 0.3) is 11.0 Å². The van der Waals surface area contributed by atoms with E-state index >= 15 is 0 Å². The van der Waals surface area contributed by atoms with Gasteiger partial charge in [-0.15, -0.1) is 0 Å². The van der Waals surface area contributed by atoms with Crippen LogP contribution >= 0.6 is 11.8 Å². The van der Waals surface area contributed by atoms with Gasteiger partial charge >= 0.3 is 0 Å². The molecule has 0 radical (unpaired) electrons. The summed E-state index contributed by atoms with van der Waals surface area (Å²) in [6, 6.07) is 8.45. The second kappa shape index (κ2) is 8.78. The van der Waals surface area contributed by atoms with E-state index in [4.69, 9.17) is 4.98 Å². The van der Waals surface area contributed by atoms with Crippen LogP contribution in [0, 0.1) is 0 Å². The van der Waals surface area contributed by atoms with E-state index in [0.717, 1.165) is 55.0 Å². The molecule has 1 aromatic heterocycles. The molecule has 2 atom stereocenters. The summed E-state index contributed by atoms with van der Waals surface area (Å²) in [5.41, 5.74) is 1.82. The molecule has 2 fully saturated rings. The van der Waals surface area contributed by atoms with Gasteiger partial charge in [0.25, 0.3) is 0 Å². The Hall–Kier alpha value is -2.02. The highest BCUT2D eigenvalue weighted by Gasteiger charge is 2.30. The summed E-state index contributed by atoms with van der Waals surface area (Å²) in [6.45, 7) is 6.28. The van der Waals surface area contributed by atoms with Gasteiger partial charge in [0.05, 0.1) is 16.8 Å². The van der Waals surface area contributed by atoms with E-state index in [1.165, 1.54) is 18.2 Å². The van der Waals surface area contributed by atoms with Crippen molar-refractivity contribution in [2.45, 2.75) is 69.7 Å². The van der Waals surface area contributed by atoms with E-state index in [9.17, 15) is 9.59 Å². The number of thioether (sulfide) groups is 1. The van der Waals surface area contributed by atoms with Crippen LogP contribution in [0.2, 0.25) is 0 Å². The van der Waals surface area contributed by atoms with Crippen molar-refractivity contribution >= 4 is 34.6 Å². The number of aromatic nitrogens is 2. The van der Waals surface area contributed by atoms with Crippen LogP contribution in [0.5, 0.6) is 0 Å². The maximum atomic E-state index is 13.2. The molecule has 0 unspecified atom stereocenters. The fourth-order valence-corrected chi connectivity index (χ4v) is 5.55. The number of fused-ring (bicyclic) bond motifs is 1. The monoisotopic (exact) mass is 414 g/mol. The average Bonchev–Trinajstić information content (AvgIpc) is 3.35. The number of amides is 2. The lowest BCUT2D eigenvalue weighted by molar-refractivity contribution is -0.138. The number of imidazole rings is 1. The first-order chi connectivity index (χ1) is 14.0. The quantitative estimate of drug-likeness (QED) is 0.702. The normalized spacial score (nSPS) is 22.4. The predicted octanol–water partition coefficient (Wildman–Crippen LogP) is 3.54. The highest BCUT2D eigenvalue weighted by Crippen LogP contribution is 2.27. The first-order valence-corrected chi connectivity index (χ1v) is 11.7. The molecule has 29 heavy (non-hydrogen) atoms. The van der Waals surface area contributed by atoms with E-state index < -0.39 is 0 Å². The molecule has 2 saturated heterocycles. The molecule has 2 aliphatic heterocycles. The average molecular weight is 415 g/mol. The zero-order valence-electron chi connectivity index (χ0n) is 17.3. The van der Waals surface area contributed by atoms with Gasteiger partial charge in [0.15, 0.2) is 5.16 Å². The SMILES string of the molecule is C[C@H]1CCC[C@H](C)N1C(=O)Cn1c(SCC(=O)N2CCCC2)nc2ccccc21. The summed E-state index contributed by atoms with van der Waals surface area (Å²) in [7, 11) is 0. The molecule has 4 rings (SSSR count). The van der Waals surface area contributed by atoms with Gasteiger partial charge in [-0.25, -0.2) is 4.98 Å². The summed E-state index contributed by atoms with van der Waals surface area (Å²) in [5.74, 6) is 0.671. The van der Waals surface area contributed by atoms with E-state index in [2.05, 4.69) is 13.8 Å². The van der Waals surface area contributed by atoms with Crippen LogP contribution in [0.15, 0.2) is 29.4 Å². The van der Waals surface area contributed by atoms with Crippen LogP contribution in [0.4, 0.5) is 0 Å². The van der Waals surface area contributed by atoms with Crippen molar-refractivity contribution in [3.05, 3.63) is 24.3 Å². The van der Waals surface area contributed by atoms with Crippen LogP contribution in [-0.4, -0.2) is 62.1 Å². The Morgan fingerprint density at radius 3 is 2.45 bits per heavy atom. The van der Waals surface area contributed by atoms with Crippen LogP contribution < -0.4 is 0 Å². The van der Waals surface area contributed by atoms with E-state index in [0.29, 0.717) is 5.75 Å². The standard InChI is InChI=1S/C22H30N4O2S/c1-16-8-7-9-17(2)26(16)20(27)14-25-19-11-4-3-10-18(19)23-22(25)29-15-21(28)24-12-5-6-13-24/h3-4,10-11,16-17H,5-9,12-15H2,1-2H3/t16-,17-/m0/s1. The molecule has 0 bridgehead atoms. The van der Waals surface area contributed by atoms with Gasteiger partial charge in [-0.2, -0.15) is 0 Å². The van der Waals surface area contributed by atoms with Crippen molar-refractivity contribution in [2.75, 3.05) is 18.8 Å². The van der Waals surface area contributed by atoms with E-state index in [-0.39, 0.29) is 30.4 Å². The number of rotatable bonds is 5. The van der Waals surface area contributed by atoms with Gasteiger partial charge in [0.2, 0.25) is 11.8 Å². The number of carbonyl (C=O) groups excluding carboxylic acids is 2.